The Kier molecular flexibility index (Phi) is 6.30. The molecule has 2 aliphatic rings. The molecule has 0 bridgehead atoms. The van der Waals surface area contributed by atoms with Crippen molar-refractivity contribution in [1.82, 2.24) is 5.32 Å². The molecule has 0 aliphatic heterocycles. The Labute approximate surface area is 147 Å². The van der Waals surface area contributed by atoms with E-state index in [2.05, 4.69) is 33.4 Å². The third-order valence-electron chi connectivity index (χ3n) is 4.94. The topological polar surface area (TPSA) is 55.1 Å². The fraction of sp³-hybridized carbons (Fsp3) is 0.588. The van der Waals surface area contributed by atoms with Crippen LogP contribution in [-0.4, -0.2) is 11.9 Å². The molecule has 1 amide bonds. The summed E-state index contributed by atoms with van der Waals surface area (Å²) in [6, 6.07) is 6.43. The Hall–Kier alpha value is -0.580. The van der Waals surface area contributed by atoms with Gasteiger partial charge in [0.05, 0.1) is 12.0 Å². The quantitative estimate of drug-likeness (QED) is 0.757. The zero-order valence-corrected chi connectivity index (χ0v) is 15.1. The average molecular weight is 388 g/mol. The van der Waals surface area contributed by atoms with Crippen LogP contribution in [0.5, 0.6) is 0 Å². The zero-order chi connectivity index (χ0) is 14.8. The number of hydrogen-bond acceptors (Lipinski definition) is 2. The number of nitrogens with two attached hydrogens (primary N) is 1. The predicted octanol–water partition coefficient (Wildman–Crippen LogP) is 3.88. The van der Waals surface area contributed by atoms with E-state index in [-0.39, 0.29) is 36.3 Å². The minimum atomic E-state index is -0.0105. The van der Waals surface area contributed by atoms with E-state index in [4.69, 9.17) is 5.73 Å². The number of carbonyl (C=O) groups is 1. The Morgan fingerprint density at radius 1 is 1.18 bits per heavy atom. The van der Waals surface area contributed by atoms with Gasteiger partial charge in [-0.25, -0.2) is 0 Å². The Balaban J connectivity index is 0.00000176. The maximum Gasteiger partial charge on any atom is 0.225 e. The molecular formula is C17H24BrClN2O. The number of fused-ring (bicyclic) bond motifs is 1. The van der Waals surface area contributed by atoms with Gasteiger partial charge in [-0.05, 0) is 42.9 Å². The molecule has 1 saturated carbocycles. The van der Waals surface area contributed by atoms with Gasteiger partial charge in [0.2, 0.25) is 5.91 Å². The molecule has 0 radical (unpaired) electrons. The number of benzene rings is 1. The molecule has 3 atom stereocenters. The summed E-state index contributed by atoms with van der Waals surface area (Å²) in [5, 5.41) is 3.25. The fourth-order valence-electron chi connectivity index (χ4n) is 3.70. The van der Waals surface area contributed by atoms with Crippen molar-refractivity contribution in [3.05, 3.63) is 33.8 Å². The Morgan fingerprint density at radius 3 is 2.77 bits per heavy atom. The molecular weight excluding hydrogens is 364 g/mol. The van der Waals surface area contributed by atoms with E-state index in [1.54, 1.807) is 0 Å². The molecule has 2 aliphatic carbocycles. The molecule has 3 unspecified atom stereocenters. The molecule has 22 heavy (non-hydrogen) atoms. The summed E-state index contributed by atoms with van der Waals surface area (Å²) in [7, 11) is 0. The smallest absolute Gasteiger partial charge is 0.225 e. The van der Waals surface area contributed by atoms with Crippen molar-refractivity contribution in [2.24, 2.45) is 11.7 Å². The van der Waals surface area contributed by atoms with E-state index < -0.39 is 0 Å². The predicted molar refractivity (Wildman–Crippen MR) is 95.1 cm³/mol. The van der Waals surface area contributed by atoms with Crippen LogP contribution in [0.15, 0.2) is 22.7 Å². The van der Waals surface area contributed by atoms with E-state index >= 15 is 0 Å². The number of rotatable bonds is 2. The summed E-state index contributed by atoms with van der Waals surface area (Å²) in [4.78, 5) is 12.6. The van der Waals surface area contributed by atoms with Crippen molar-refractivity contribution in [2.45, 2.75) is 57.0 Å². The third-order valence-corrected chi connectivity index (χ3v) is 5.68. The van der Waals surface area contributed by atoms with E-state index in [1.807, 2.05) is 6.07 Å². The van der Waals surface area contributed by atoms with Crippen LogP contribution in [-0.2, 0) is 11.2 Å². The number of carbonyl (C=O) groups excluding carboxylic acids is 1. The van der Waals surface area contributed by atoms with Crippen molar-refractivity contribution >= 4 is 34.2 Å². The lowest BCUT2D eigenvalue weighted by Gasteiger charge is -2.23. The molecule has 1 fully saturated rings. The Bertz CT molecular complexity index is 537. The molecule has 0 heterocycles. The molecule has 3 nitrogen and oxygen atoms in total. The van der Waals surface area contributed by atoms with E-state index in [9.17, 15) is 4.79 Å². The minimum Gasteiger partial charge on any atom is -0.349 e. The molecule has 122 valence electrons. The summed E-state index contributed by atoms with van der Waals surface area (Å²) in [6.45, 7) is 0. The molecule has 1 aromatic carbocycles. The van der Waals surface area contributed by atoms with Crippen LogP contribution >= 0.6 is 28.3 Å². The Morgan fingerprint density at radius 2 is 1.95 bits per heavy atom. The maximum absolute atomic E-state index is 12.6. The van der Waals surface area contributed by atoms with Crippen molar-refractivity contribution < 1.29 is 4.79 Å². The van der Waals surface area contributed by atoms with Gasteiger partial charge in [-0.15, -0.1) is 12.4 Å². The van der Waals surface area contributed by atoms with Crippen molar-refractivity contribution in [3.63, 3.8) is 0 Å². The third kappa shape index (κ3) is 3.66. The van der Waals surface area contributed by atoms with Crippen LogP contribution in [0.3, 0.4) is 0 Å². The lowest BCUT2D eigenvalue weighted by molar-refractivity contribution is -0.126. The van der Waals surface area contributed by atoms with Crippen LogP contribution in [0.4, 0.5) is 0 Å². The molecule has 3 rings (SSSR count). The lowest BCUT2D eigenvalue weighted by Crippen LogP contribution is -2.42. The van der Waals surface area contributed by atoms with Crippen LogP contribution in [0.25, 0.3) is 0 Å². The van der Waals surface area contributed by atoms with Crippen molar-refractivity contribution in [1.29, 1.82) is 0 Å². The van der Waals surface area contributed by atoms with Gasteiger partial charge in [0.1, 0.15) is 0 Å². The summed E-state index contributed by atoms with van der Waals surface area (Å²) in [5.41, 5.74) is 8.81. The molecule has 3 N–H and O–H groups in total. The summed E-state index contributed by atoms with van der Waals surface area (Å²) >= 11 is 3.60. The van der Waals surface area contributed by atoms with Crippen LogP contribution in [0, 0.1) is 5.92 Å². The number of hydrogen-bond donors (Lipinski definition) is 2. The normalized spacial score (nSPS) is 27.5. The van der Waals surface area contributed by atoms with Crippen LogP contribution < -0.4 is 11.1 Å². The van der Waals surface area contributed by atoms with E-state index in [0.717, 1.165) is 43.0 Å². The van der Waals surface area contributed by atoms with Gasteiger partial charge in [-0.3, -0.25) is 4.79 Å². The minimum absolute atomic E-state index is 0. The second-order valence-corrected chi connectivity index (χ2v) is 7.17. The molecule has 0 spiro atoms. The maximum atomic E-state index is 12.6. The molecule has 1 aromatic rings. The van der Waals surface area contributed by atoms with Gasteiger partial charge < -0.3 is 11.1 Å². The number of nitrogens with one attached hydrogen (secondary N) is 1. The second-order valence-electron chi connectivity index (χ2n) is 6.32. The molecule has 0 aromatic heterocycles. The van der Waals surface area contributed by atoms with Crippen molar-refractivity contribution in [3.8, 4) is 0 Å². The zero-order valence-electron chi connectivity index (χ0n) is 12.7. The van der Waals surface area contributed by atoms with Gasteiger partial charge >= 0.3 is 0 Å². The van der Waals surface area contributed by atoms with Gasteiger partial charge in [0, 0.05) is 10.5 Å². The summed E-state index contributed by atoms with van der Waals surface area (Å²) < 4.78 is 1.16. The van der Waals surface area contributed by atoms with E-state index in [0.29, 0.717) is 0 Å². The second kappa shape index (κ2) is 7.80. The number of halogens is 2. The number of amides is 1. The standard InChI is InChI=1S/C17H23BrN2O.ClH/c18-14-7-4-6-12-11(14)9-10-16(12)20-17(21)13-5-2-1-3-8-15(13)19;/h4,6-7,13,15-16H,1-3,5,8-10,19H2,(H,20,21);1H. The van der Waals surface area contributed by atoms with Gasteiger partial charge in [0.15, 0.2) is 0 Å². The molecule has 0 saturated heterocycles. The van der Waals surface area contributed by atoms with Crippen LogP contribution in [0.1, 0.15) is 55.7 Å². The molecule has 5 heteroatoms. The fourth-order valence-corrected chi connectivity index (χ4v) is 4.28. The van der Waals surface area contributed by atoms with Gasteiger partial charge in [-0.1, -0.05) is 47.3 Å². The van der Waals surface area contributed by atoms with Crippen molar-refractivity contribution in [2.75, 3.05) is 0 Å². The highest BCUT2D eigenvalue weighted by atomic mass is 79.9. The van der Waals surface area contributed by atoms with Gasteiger partial charge in [-0.2, -0.15) is 0 Å². The monoisotopic (exact) mass is 386 g/mol. The first kappa shape index (κ1) is 17.8. The lowest BCUT2D eigenvalue weighted by atomic mass is 9.94. The summed E-state index contributed by atoms with van der Waals surface area (Å²) in [6.07, 6.45) is 7.42. The first-order valence-corrected chi connectivity index (χ1v) is 8.79. The van der Waals surface area contributed by atoms with Crippen LogP contribution in [0.2, 0.25) is 0 Å². The van der Waals surface area contributed by atoms with Gasteiger partial charge in [0.25, 0.3) is 0 Å². The highest BCUT2D eigenvalue weighted by Crippen LogP contribution is 2.36. The highest BCUT2D eigenvalue weighted by molar-refractivity contribution is 9.10. The van der Waals surface area contributed by atoms with E-state index in [1.165, 1.54) is 17.5 Å². The first-order valence-electron chi connectivity index (χ1n) is 8.00. The largest absolute Gasteiger partial charge is 0.349 e. The SMILES string of the molecule is Cl.NC1CCCCCC1C(=O)NC1CCc2c(Br)cccc21. The first-order chi connectivity index (χ1) is 10.2. The summed E-state index contributed by atoms with van der Waals surface area (Å²) in [5.74, 6) is 0.144. The average Bonchev–Trinajstić information content (AvgIpc) is 2.74. The highest BCUT2D eigenvalue weighted by Gasteiger charge is 2.31.